The molecule has 4 heteroatoms. The van der Waals surface area contributed by atoms with Gasteiger partial charge >= 0.3 is 0 Å². The molecule has 2 nitrogen and oxygen atoms in total. The zero-order chi connectivity index (χ0) is 21.8. The van der Waals surface area contributed by atoms with Gasteiger partial charge in [-0.1, -0.05) is 68.3 Å². The summed E-state index contributed by atoms with van der Waals surface area (Å²) in [6.07, 6.45) is 11.5. The highest BCUT2D eigenvalue weighted by Gasteiger charge is 2.09. The Morgan fingerprint density at radius 2 is 1.93 bits per heavy atom. The van der Waals surface area contributed by atoms with Gasteiger partial charge in [0.05, 0.1) is 11.2 Å². The van der Waals surface area contributed by atoms with Gasteiger partial charge in [0, 0.05) is 21.6 Å². The van der Waals surface area contributed by atoms with E-state index in [1.54, 1.807) is 6.20 Å². The largest absolute Gasteiger partial charge is 0.264 e. The summed E-state index contributed by atoms with van der Waals surface area (Å²) in [5, 5.41) is 2.64. The number of halogens is 2. The maximum absolute atomic E-state index is 5.97. The Bertz CT molecular complexity index is 924. The monoisotopic (exact) mass is 428 g/mol. The Kier molecular flexibility index (Phi) is 11.3. The van der Waals surface area contributed by atoms with Crippen molar-refractivity contribution in [3.05, 3.63) is 88.2 Å². The van der Waals surface area contributed by atoms with E-state index in [4.69, 9.17) is 23.2 Å². The quantitative estimate of drug-likeness (QED) is 0.353. The second kappa shape index (κ2) is 13.1. The van der Waals surface area contributed by atoms with Crippen LogP contribution in [0.4, 0.5) is 0 Å². The third-order valence-corrected chi connectivity index (χ3v) is 4.82. The fourth-order valence-electron chi connectivity index (χ4n) is 2.73. The molecule has 0 fully saturated rings. The first-order valence-corrected chi connectivity index (χ1v) is 10.6. The van der Waals surface area contributed by atoms with Crippen LogP contribution in [0.25, 0.3) is 10.9 Å². The van der Waals surface area contributed by atoms with Crippen LogP contribution in [0.5, 0.6) is 0 Å². The van der Waals surface area contributed by atoms with Gasteiger partial charge in [0.25, 0.3) is 0 Å². The van der Waals surface area contributed by atoms with E-state index in [1.807, 2.05) is 56.3 Å². The molecule has 1 unspecified atom stereocenters. The summed E-state index contributed by atoms with van der Waals surface area (Å²) in [5.74, 6) is 0.443. The molecule has 1 atom stereocenters. The highest BCUT2D eigenvalue weighted by Crippen LogP contribution is 2.26. The van der Waals surface area contributed by atoms with Crippen LogP contribution in [0.2, 0.25) is 5.02 Å². The summed E-state index contributed by atoms with van der Waals surface area (Å²) in [5.41, 5.74) is 4.27. The summed E-state index contributed by atoms with van der Waals surface area (Å²) in [6, 6.07) is 7.76. The van der Waals surface area contributed by atoms with Gasteiger partial charge in [-0.05, 0) is 67.8 Å². The molecule has 0 radical (unpaired) electrons. The van der Waals surface area contributed by atoms with Crippen molar-refractivity contribution in [2.24, 2.45) is 10.9 Å². The third-order valence-electron chi connectivity index (χ3n) is 4.32. The number of pyridine rings is 1. The second-order valence-electron chi connectivity index (χ2n) is 6.45. The minimum Gasteiger partial charge on any atom is -0.264 e. The fraction of sp³-hybridized carbons (Fsp3) is 0.280. The van der Waals surface area contributed by atoms with Crippen molar-refractivity contribution in [2.45, 2.75) is 40.5 Å². The lowest BCUT2D eigenvalue weighted by Crippen LogP contribution is -1.95. The van der Waals surface area contributed by atoms with Crippen LogP contribution in [-0.4, -0.2) is 11.7 Å². The Hall–Kier alpha value is -2.16. The molecule has 1 heterocycles. The van der Waals surface area contributed by atoms with Crippen molar-refractivity contribution in [1.29, 1.82) is 0 Å². The Labute approximate surface area is 185 Å². The van der Waals surface area contributed by atoms with E-state index in [0.29, 0.717) is 5.92 Å². The first-order valence-electron chi connectivity index (χ1n) is 9.81. The molecule has 1 aromatic carbocycles. The Morgan fingerprint density at radius 1 is 1.21 bits per heavy atom. The molecule has 29 heavy (non-hydrogen) atoms. The summed E-state index contributed by atoms with van der Waals surface area (Å²) in [6.45, 7) is 15.6. The normalized spacial score (nSPS) is 13.9. The summed E-state index contributed by atoms with van der Waals surface area (Å²) in [4.78, 5) is 8.23. The lowest BCUT2D eigenvalue weighted by Gasteiger charge is -2.10. The van der Waals surface area contributed by atoms with Crippen molar-refractivity contribution in [1.82, 2.24) is 4.98 Å². The fourth-order valence-corrected chi connectivity index (χ4v) is 3.09. The van der Waals surface area contributed by atoms with Gasteiger partial charge in [-0.2, -0.15) is 0 Å². The summed E-state index contributed by atoms with van der Waals surface area (Å²) >= 11 is 11.8. The molecular weight excluding hydrogens is 399 g/mol. The van der Waals surface area contributed by atoms with Crippen LogP contribution >= 0.6 is 23.2 Å². The van der Waals surface area contributed by atoms with E-state index in [2.05, 4.69) is 43.2 Å². The number of aromatic nitrogens is 1. The molecule has 0 N–H and O–H groups in total. The molecule has 0 saturated heterocycles. The Morgan fingerprint density at radius 3 is 2.59 bits per heavy atom. The molecule has 1 aliphatic carbocycles. The number of fused-ring (bicyclic) bond motifs is 1. The Balaban J connectivity index is 0.000000272. The van der Waals surface area contributed by atoms with E-state index in [0.717, 1.165) is 34.1 Å². The summed E-state index contributed by atoms with van der Waals surface area (Å²) in [7, 11) is 0. The predicted octanol–water partition coefficient (Wildman–Crippen LogP) is 8.46. The minimum absolute atomic E-state index is 0.443. The van der Waals surface area contributed by atoms with Crippen LogP contribution in [0, 0.1) is 12.8 Å². The molecule has 1 aromatic heterocycles. The van der Waals surface area contributed by atoms with Crippen molar-refractivity contribution < 1.29 is 0 Å². The number of nitrogens with zero attached hydrogens (tertiary/aromatic N) is 2. The molecule has 0 aliphatic heterocycles. The zero-order valence-electron chi connectivity index (χ0n) is 17.8. The van der Waals surface area contributed by atoms with E-state index >= 15 is 0 Å². The SMILES string of the molecule is C=CC(C)CC1=CCC=C(Cl)C=C1N=C.CC.Cc1ccnc2cc(Cl)ccc12. The van der Waals surface area contributed by atoms with Crippen molar-refractivity contribution >= 4 is 40.8 Å². The second-order valence-corrected chi connectivity index (χ2v) is 7.32. The third kappa shape index (κ3) is 8.00. The number of hydrogen-bond acceptors (Lipinski definition) is 2. The van der Waals surface area contributed by atoms with Crippen molar-refractivity contribution in [3.8, 4) is 0 Å². The van der Waals surface area contributed by atoms with E-state index in [9.17, 15) is 0 Å². The van der Waals surface area contributed by atoms with Crippen LogP contribution in [0.15, 0.2) is 82.6 Å². The standard InChI is InChI=1S/C13H16ClN.C10H8ClN.C2H6/c1-4-10(2)8-11-6-5-7-12(14)9-13(11)15-3;1-7-4-5-12-10-6-8(11)2-3-9(7)10;1-2/h4,6-7,9-10H,1,3,5,8H2,2H3;2-6H,1H3;1-2H3. The van der Waals surface area contributed by atoms with Crippen LogP contribution in [-0.2, 0) is 0 Å². The van der Waals surface area contributed by atoms with Crippen LogP contribution in [0.1, 0.15) is 39.2 Å². The van der Waals surface area contributed by atoms with E-state index < -0.39 is 0 Å². The molecule has 0 spiro atoms. The van der Waals surface area contributed by atoms with Crippen LogP contribution in [0.3, 0.4) is 0 Å². The van der Waals surface area contributed by atoms with Gasteiger partial charge in [0.1, 0.15) is 0 Å². The molecule has 0 saturated carbocycles. The first-order chi connectivity index (χ1) is 13.9. The number of aryl methyl sites for hydroxylation is 1. The average molecular weight is 429 g/mol. The molecular formula is C25H30Cl2N2. The van der Waals surface area contributed by atoms with Crippen molar-refractivity contribution in [2.75, 3.05) is 0 Å². The first kappa shape index (κ1) is 24.9. The van der Waals surface area contributed by atoms with Gasteiger partial charge in [-0.25, -0.2) is 0 Å². The predicted molar refractivity (Wildman–Crippen MR) is 131 cm³/mol. The highest BCUT2D eigenvalue weighted by molar-refractivity contribution is 6.31. The number of aliphatic imine (C=N–C) groups is 1. The van der Waals surface area contributed by atoms with Gasteiger partial charge in [0.2, 0.25) is 0 Å². The van der Waals surface area contributed by atoms with Gasteiger partial charge in [0.15, 0.2) is 0 Å². The van der Waals surface area contributed by atoms with E-state index in [-0.39, 0.29) is 0 Å². The molecule has 1 aliphatic rings. The van der Waals surface area contributed by atoms with Gasteiger partial charge in [-0.3, -0.25) is 9.98 Å². The molecule has 154 valence electrons. The molecule has 0 bridgehead atoms. The number of hydrogen-bond donors (Lipinski definition) is 0. The summed E-state index contributed by atoms with van der Waals surface area (Å²) < 4.78 is 0. The zero-order valence-corrected chi connectivity index (χ0v) is 19.3. The van der Waals surface area contributed by atoms with Crippen molar-refractivity contribution in [3.63, 3.8) is 0 Å². The number of allylic oxidation sites excluding steroid dienone is 6. The van der Waals surface area contributed by atoms with E-state index in [1.165, 1.54) is 16.5 Å². The maximum atomic E-state index is 5.97. The lowest BCUT2D eigenvalue weighted by molar-refractivity contribution is 0.720. The molecule has 3 rings (SSSR count). The van der Waals surface area contributed by atoms with Gasteiger partial charge in [-0.15, -0.1) is 6.58 Å². The smallest absolute Gasteiger partial charge is 0.0719 e. The molecule has 2 aromatic rings. The average Bonchev–Trinajstić information content (AvgIpc) is 2.90. The number of rotatable bonds is 4. The highest BCUT2D eigenvalue weighted by atomic mass is 35.5. The topological polar surface area (TPSA) is 25.2 Å². The maximum Gasteiger partial charge on any atom is 0.0719 e. The molecule has 0 amide bonds. The number of benzene rings is 1. The lowest BCUT2D eigenvalue weighted by atomic mass is 9.98. The van der Waals surface area contributed by atoms with Crippen LogP contribution < -0.4 is 0 Å². The minimum atomic E-state index is 0.443. The van der Waals surface area contributed by atoms with Gasteiger partial charge < -0.3 is 0 Å².